The lowest BCUT2D eigenvalue weighted by Crippen LogP contribution is -2.45. The zero-order chi connectivity index (χ0) is 11.7. The first-order valence-corrected chi connectivity index (χ1v) is 6.30. The van der Waals surface area contributed by atoms with Crippen LogP contribution in [0.25, 0.3) is 0 Å². The predicted octanol–water partition coefficient (Wildman–Crippen LogP) is 0.558. The van der Waals surface area contributed by atoms with Gasteiger partial charge in [0.15, 0.2) is 0 Å². The van der Waals surface area contributed by atoms with Crippen LogP contribution in [0.2, 0.25) is 0 Å². The summed E-state index contributed by atoms with van der Waals surface area (Å²) in [6.07, 6.45) is 7.69. The van der Waals surface area contributed by atoms with E-state index in [0.29, 0.717) is 12.6 Å². The van der Waals surface area contributed by atoms with E-state index in [9.17, 15) is 4.79 Å². The second kappa shape index (κ2) is 4.14. The van der Waals surface area contributed by atoms with E-state index in [2.05, 4.69) is 20.6 Å². The van der Waals surface area contributed by atoms with Crippen molar-refractivity contribution < 1.29 is 4.79 Å². The van der Waals surface area contributed by atoms with E-state index < -0.39 is 0 Å². The van der Waals surface area contributed by atoms with E-state index >= 15 is 0 Å². The van der Waals surface area contributed by atoms with E-state index in [1.165, 1.54) is 0 Å². The Morgan fingerprint density at radius 3 is 3.35 bits per heavy atom. The third-order valence-electron chi connectivity index (χ3n) is 4.19. The average Bonchev–Trinajstić information content (AvgIpc) is 3.01. The predicted molar refractivity (Wildman–Crippen MR) is 63.1 cm³/mol. The maximum Gasteiger partial charge on any atom is 0.228 e. The van der Waals surface area contributed by atoms with Crippen molar-refractivity contribution in [3.05, 3.63) is 18.2 Å². The molecule has 0 aromatic carbocycles. The Balaban J connectivity index is 1.65. The van der Waals surface area contributed by atoms with Crippen molar-refractivity contribution in [3.63, 3.8) is 0 Å². The second-order valence-corrected chi connectivity index (χ2v) is 5.06. The summed E-state index contributed by atoms with van der Waals surface area (Å²) < 4.78 is 0. The fraction of sp³-hybridized carbons (Fsp3) is 0.667. The number of hydrogen-bond donors (Lipinski definition) is 3. The molecule has 1 aliphatic heterocycles. The highest BCUT2D eigenvalue weighted by molar-refractivity contribution is 5.84. The van der Waals surface area contributed by atoms with Crippen LogP contribution in [0.5, 0.6) is 0 Å². The highest BCUT2D eigenvalue weighted by Gasteiger charge is 2.51. The zero-order valence-corrected chi connectivity index (χ0v) is 9.83. The number of aromatic amines is 1. The fourth-order valence-corrected chi connectivity index (χ4v) is 3.26. The van der Waals surface area contributed by atoms with Gasteiger partial charge in [-0.15, -0.1) is 0 Å². The molecule has 1 aliphatic carbocycles. The van der Waals surface area contributed by atoms with Crippen LogP contribution in [-0.2, 0) is 11.3 Å². The summed E-state index contributed by atoms with van der Waals surface area (Å²) in [6, 6.07) is 0.393. The van der Waals surface area contributed by atoms with Gasteiger partial charge in [0.05, 0.1) is 24.0 Å². The number of carbonyl (C=O) groups is 1. The lowest BCUT2D eigenvalue weighted by molar-refractivity contribution is -0.131. The van der Waals surface area contributed by atoms with Gasteiger partial charge in [0.1, 0.15) is 0 Å². The maximum absolute atomic E-state index is 12.4. The second-order valence-electron chi connectivity index (χ2n) is 5.06. The Morgan fingerprint density at radius 1 is 1.59 bits per heavy atom. The third-order valence-corrected chi connectivity index (χ3v) is 4.19. The SMILES string of the molecule is O=C(NCc1cnc[nH]1)[C@]12CCC[C@H]1NCC2. The van der Waals surface area contributed by atoms with Crippen molar-refractivity contribution in [3.8, 4) is 0 Å². The minimum Gasteiger partial charge on any atom is -0.350 e. The summed E-state index contributed by atoms with van der Waals surface area (Å²) in [5, 5.41) is 6.49. The lowest BCUT2D eigenvalue weighted by atomic mass is 9.81. The van der Waals surface area contributed by atoms with Gasteiger partial charge in [-0.05, 0) is 25.8 Å². The van der Waals surface area contributed by atoms with Crippen molar-refractivity contribution in [2.45, 2.75) is 38.3 Å². The highest BCUT2D eigenvalue weighted by atomic mass is 16.2. The summed E-state index contributed by atoms with van der Waals surface area (Å²) in [4.78, 5) is 19.3. The van der Waals surface area contributed by atoms with Crippen molar-refractivity contribution in [1.82, 2.24) is 20.6 Å². The third kappa shape index (κ3) is 1.74. The number of imidazole rings is 1. The van der Waals surface area contributed by atoms with Crippen LogP contribution in [0.15, 0.2) is 12.5 Å². The van der Waals surface area contributed by atoms with Crippen molar-refractivity contribution in [2.24, 2.45) is 5.41 Å². The molecule has 2 fully saturated rings. The largest absolute Gasteiger partial charge is 0.350 e. The van der Waals surface area contributed by atoms with Crippen LogP contribution in [0.1, 0.15) is 31.4 Å². The standard InChI is InChI=1S/C12H18N4O/c17-11(15-7-9-6-13-8-16-9)12-3-1-2-10(12)14-5-4-12/h6,8,10,14H,1-5,7H2,(H,13,16)(H,15,17)/t10-,12+/m1/s1. The van der Waals surface area contributed by atoms with Crippen LogP contribution < -0.4 is 10.6 Å². The number of amides is 1. The van der Waals surface area contributed by atoms with Gasteiger partial charge in [0.2, 0.25) is 5.91 Å². The van der Waals surface area contributed by atoms with Crippen LogP contribution in [0.3, 0.4) is 0 Å². The quantitative estimate of drug-likeness (QED) is 0.715. The normalized spacial score (nSPS) is 31.4. The average molecular weight is 234 g/mol. The molecule has 0 spiro atoms. The molecule has 0 radical (unpaired) electrons. The van der Waals surface area contributed by atoms with Gasteiger partial charge in [-0.2, -0.15) is 0 Å². The monoisotopic (exact) mass is 234 g/mol. The minimum atomic E-state index is -0.139. The van der Waals surface area contributed by atoms with E-state index in [1.54, 1.807) is 12.5 Å². The fourth-order valence-electron chi connectivity index (χ4n) is 3.26. The molecule has 0 bridgehead atoms. The molecule has 1 saturated heterocycles. The summed E-state index contributed by atoms with van der Waals surface area (Å²) in [5.41, 5.74) is 0.815. The van der Waals surface area contributed by atoms with Gasteiger partial charge >= 0.3 is 0 Å². The van der Waals surface area contributed by atoms with Gasteiger partial charge < -0.3 is 15.6 Å². The molecule has 0 unspecified atom stereocenters. The molecule has 2 aliphatic rings. The van der Waals surface area contributed by atoms with E-state index in [-0.39, 0.29) is 11.3 Å². The molecule has 3 N–H and O–H groups in total. The summed E-state index contributed by atoms with van der Waals surface area (Å²) in [7, 11) is 0. The Kier molecular flexibility index (Phi) is 2.63. The number of aromatic nitrogens is 2. The number of fused-ring (bicyclic) bond motifs is 1. The van der Waals surface area contributed by atoms with Gasteiger partial charge in [-0.25, -0.2) is 4.98 Å². The zero-order valence-electron chi connectivity index (χ0n) is 9.83. The molecule has 5 heteroatoms. The number of nitrogens with one attached hydrogen (secondary N) is 3. The van der Waals surface area contributed by atoms with E-state index in [0.717, 1.165) is 37.9 Å². The first-order valence-electron chi connectivity index (χ1n) is 6.30. The smallest absolute Gasteiger partial charge is 0.228 e. The Labute approximate surface area is 100 Å². The minimum absolute atomic E-state index is 0.139. The first-order chi connectivity index (χ1) is 8.31. The number of nitrogens with zero attached hydrogens (tertiary/aromatic N) is 1. The van der Waals surface area contributed by atoms with E-state index in [1.807, 2.05) is 0 Å². The molecule has 1 aromatic rings. The maximum atomic E-state index is 12.4. The lowest BCUT2D eigenvalue weighted by Gasteiger charge is -2.27. The Hall–Kier alpha value is -1.36. The molecular weight excluding hydrogens is 216 g/mol. The van der Waals surface area contributed by atoms with Gasteiger partial charge in [-0.1, -0.05) is 6.42 Å². The molecule has 92 valence electrons. The molecular formula is C12H18N4O. The van der Waals surface area contributed by atoms with Crippen molar-refractivity contribution >= 4 is 5.91 Å². The van der Waals surface area contributed by atoms with E-state index in [4.69, 9.17) is 0 Å². The number of hydrogen-bond acceptors (Lipinski definition) is 3. The molecule has 1 aromatic heterocycles. The molecule has 1 saturated carbocycles. The molecule has 1 amide bonds. The van der Waals surface area contributed by atoms with Crippen molar-refractivity contribution in [1.29, 1.82) is 0 Å². The first kappa shape index (κ1) is 10.8. The molecule has 2 atom stereocenters. The number of carbonyl (C=O) groups excluding carboxylic acids is 1. The summed E-state index contributed by atoms with van der Waals surface area (Å²) in [5.74, 6) is 0.208. The topological polar surface area (TPSA) is 69.8 Å². The Bertz CT molecular complexity index is 391. The van der Waals surface area contributed by atoms with Crippen LogP contribution in [0.4, 0.5) is 0 Å². The number of H-pyrrole nitrogens is 1. The highest BCUT2D eigenvalue weighted by Crippen LogP contribution is 2.44. The van der Waals surface area contributed by atoms with Gasteiger partial charge in [0, 0.05) is 12.2 Å². The Morgan fingerprint density at radius 2 is 2.53 bits per heavy atom. The van der Waals surface area contributed by atoms with Crippen LogP contribution in [0, 0.1) is 5.41 Å². The molecule has 5 nitrogen and oxygen atoms in total. The van der Waals surface area contributed by atoms with Gasteiger partial charge in [0.25, 0.3) is 0 Å². The van der Waals surface area contributed by atoms with Crippen LogP contribution in [-0.4, -0.2) is 28.5 Å². The summed E-state index contributed by atoms with van der Waals surface area (Å²) in [6.45, 7) is 1.52. The molecule has 17 heavy (non-hydrogen) atoms. The van der Waals surface area contributed by atoms with Gasteiger partial charge in [-0.3, -0.25) is 4.79 Å². The van der Waals surface area contributed by atoms with Crippen molar-refractivity contribution in [2.75, 3.05) is 6.54 Å². The summed E-state index contributed by atoms with van der Waals surface area (Å²) >= 11 is 0. The molecule has 2 heterocycles. The number of rotatable bonds is 3. The molecule has 3 rings (SSSR count). The van der Waals surface area contributed by atoms with Crippen LogP contribution >= 0.6 is 0 Å².